The second-order valence-electron chi connectivity index (χ2n) is 9.78. The van der Waals surface area contributed by atoms with E-state index in [0.717, 1.165) is 72.0 Å². The summed E-state index contributed by atoms with van der Waals surface area (Å²) in [6, 6.07) is 6.20. The average Bonchev–Trinajstić information content (AvgIpc) is 3.40. The molecule has 0 aromatic carbocycles. The fraction of sp³-hybridized carbons (Fsp3) is 0.385. The molecular formula is C26H29Cl2N7. The molecule has 0 bridgehead atoms. The number of hydrogen-bond acceptors (Lipinski definition) is 6. The number of piperidine rings is 1. The molecule has 0 radical (unpaired) electrons. The normalized spacial score (nSPS) is 18.7. The van der Waals surface area contributed by atoms with E-state index in [1.807, 2.05) is 49.8 Å². The Hall–Kier alpha value is -2.74. The van der Waals surface area contributed by atoms with Crippen LogP contribution in [0.15, 0.2) is 36.8 Å². The molecule has 9 heteroatoms. The Morgan fingerprint density at radius 2 is 1.83 bits per heavy atom. The zero-order valence-electron chi connectivity index (χ0n) is 20.1. The monoisotopic (exact) mass is 509 g/mol. The third-order valence-electron chi connectivity index (χ3n) is 7.77. The number of halogens is 2. The largest absolute Gasteiger partial charge is 0.355 e. The molecule has 4 aromatic heterocycles. The Kier molecular flexibility index (Phi) is 5.98. The standard InChI is InChI=1S/C26H28ClN7.ClH/c1-15-12-20-18(14-30-15)13-26(24(20)28)6-10-33(11-7-26)25-21-5-9-31-34(21)23(17(3)32-25)19-4-8-29-16(2)22(19)27;/h4-5,8-9,12,14,24H,6-7,10-11,13,28H2,1-3H3;1H/t24-;/m1./s1. The zero-order valence-corrected chi connectivity index (χ0v) is 21.7. The minimum Gasteiger partial charge on any atom is -0.355 e. The second kappa shape index (κ2) is 8.73. The van der Waals surface area contributed by atoms with Gasteiger partial charge in [0.1, 0.15) is 5.52 Å². The van der Waals surface area contributed by atoms with E-state index in [1.165, 1.54) is 11.1 Å². The lowest BCUT2D eigenvalue weighted by Crippen LogP contribution is -2.44. The maximum atomic E-state index is 6.82. The van der Waals surface area contributed by atoms with Gasteiger partial charge in [0.25, 0.3) is 0 Å². The van der Waals surface area contributed by atoms with Gasteiger partial charge in [-0.25, -0.2) is 9.50 Å². The Bertz CT molecular complexity index is 1420. The first-order valence-electron chi connectivity index (χ1n) is 11.8. The van der Waals surface area contributed by atoms with Gasteiger partial charge < -0.3 is 10.6 Å². The molecule has 1 fully saturated rings. The SMILES string of the molecule is Cc1cc2c(cn1)CC1(CCN(c3nc(C)c(-c4ccnc(C)c4Cl)n4nccc34)CC1)[C@@H]2N.Cl. The number of rotatable bonds is 2. The summed E-state index contributed by atoms with van der Waals surface area (Å²) in [7, 11) is 0. The molecule has 5 heterocycles. The van der Waals surface area contributed by atoms with Crippen LogP contribution in [0.2, 0.25) is 5.02 Å². The molecule has 1 aliphatic carbocycles. The Morgan fingerprint density at radius 3 is 2.60 bits per heavy atom. The van der Waals surface area contributed by atoms with Crippen LogP contribution in [0.4, 0.5) is 5.82 Å². The molecule has 0 unspecified atom stereocenters. The molecule has 7 nitrogen and oxygen atoms in total. The lowest BCUT2D eigenvalue weighted by atomic mass is 9.73. The maximum absolute atomic E-state index is 6.82. The first-order valence-corrected chi connectivity index (χ1v) is 12.2. The van der Waals surface area contributed by atoms with Crippen molar-refractivity contribution in [1.29, 1.82) is 0 Å². The van der Waals surface area contributed by atoms with Crippen LogP contribution in [0.25, 0.3) is 16.8 Å². The van der Waals surface area contributed by atoms with E-state index in [1.54, 1.807) is 6.20 Å². The molecule has 182 valence electrons. The summed E-state index contributed by atoms with van der Waals surface area (Å²) < 4.78 is 1.97. The van der Waals surface area contributed by atoms with Crippen LogP contribution in [0.3, 0.4) is 0 Å². The van der Waals surface area contributed by atoms with Crippen molar-refractivity contribution < 1.29 is 0 Å². The molecule has 0 amide bonds. The quantitative estimate of drug-likeness (QED) is 0.407. The number of nitrogens with two attached hydrogens (primary N) is 1. The number of pyridine rings is 2. The average molecular weight is 510 g/mol. The van der Waals surface area contributed by atoms with Crippen LogP contribution < -0.4 is 10.6 Å². The van der Waals surface area contributed by atoms with E-state index in [4.69, 9.17) is 22.3 Å². The highest BCUT2D eigenvalue weighted by Crippen LogP contribution is 2.51. The molecule has 0 saturated carbocycles. The predicted molar refractivity (Wildman–Crippen MR) is 141 cm³/mol. The van der Waals surface area contributed by atoms with E-state index >= 15 is 0 Å². The highest BCUT2D eigenvalue weighted by molar-refractivity contribution is 6.33. The highest BCUT2D eigenvalue weighted by Gasteiger charge is 2.46. The molecule has 4 aromatic rings. The van der Waals surface area contributed by atoms with Gasteiger partial charge in [-0.15, -0.1) is 12.4 Å². The molecule has 6 rings (SSSR count). The number of aromatic nitrogens is 5. The van der Waals surface area contributed by atoms with Gasteiger partial charge in [-0.2, -0.15) is 5.10 Å². The van der Waals surface area contributed by atoms with Crippen LogP contribution in [-0.4, -0.2) is 37.7 Å². The van der Waals surface area contributed by atoms with Crippen LogP contribution in [0.5, 0.6) is 0 Å². The number of fused-ring (bicyclic) bond motifs is 2. The summed E-state index contributed by atoms with van der Waals surface area (Å²) in [5, 5.41) is 5.28. The molecule has 2 aliphatic rings. The third kappa shape index (κ3) is 3.68. The van der Waals surface area contributed by atoms with Crippen molar-refractivity contribution in [1.82, 2.24) is 24.6 Å². The first-order chi connectivity index (χ1) is 16.4. The van der Waals surface area contributed by atoms with Crippen LogP contribution in [0, 0.1) is 26.2 Å². The van der Waals surface area contributed by atoms with Crippen molar-refractivity contribution in [2.24, 2.45) is 11.1 Å². The maximum Gasteiger partial charge on any atom is 0.155 e. The number of nitrogens with zero attached hydrogens (tertiary/aromatic N) is 6. The molecule has 1 atom stereocenters. The number of hydrogen-bond donors (Lipinski definition) is 1. The van der Waals surface area contributed by atoms with E-state index in [0.29, 0.717) is 5.02 Å². The molecule has 2 N–H and O–H groups in total. The number of anilines is 1. The van der Waals surface area contributed by atoms with E-state index in [9.17, 15) is 0 Å². The van der Waals surface area contributed by atoms with Crippen molar-refractivity contribution in [3.63, 3.8) is 0 Å². The van der Waals surface area contributed by atoms with Crippen LogP contribution in [0.1, 0.15) is 47.1 Å². The van der Waals surface area contributed by atoms with Crippen LogP contribution in [-0.2, 0) is 6.42 Å². The zero-order chi connectivity index (χ0) is 23.6. The Labute approximate surface area is 216 Å². The van der Waals surface area contributed by atoms with Gasteiger partial charge in [0.05, 0.1) is 28.3 Å². The van der Waals surface area contributed by atoms with Gasteiger partial charge in [0.2, 0.25) is 0 Å². The summed E-state index contributed by atoms with van der Waals surface area (Å²) in [5.41, 5.74) is 15.0. The van der Waals surface area contributed by atoms with Gasteiger partial charge in [-0.05, 0) is 74.8 Å². The van der Waals surface area contributed by atoms with E-state index in [-0.39, 0.29) is 23.9 Å². The summed E-state index contributed by atoms with van der Waals surface area (Å²) >= 11 is 6.63. The summed E-state index contributed by atoms with van der Waals surface area (Å²) in [6.45, 7) is 7.80. The minimum atomic E-state index is 0. The van der Waals surface area contributed by atoms with Crippen LogP contribution >= 0.6 is 24.0 Å². The minimum absolute atomic E-state index is 0. The van der Waals surface area contributed by atoms with Crippen molar-refractivity contribution in [2.45, 2.75) is 46.1 Å². The Morgan fingerprint density at radius 1 is 1.06 bits per heavy atom. The van der Waals surface area contributed by atoms with E-state index < -0.39 is 0 Å². The summed E-state index contributed by atoms with van der Waals surface area (Å²) in [5.74, 6) is 0.970. The molecule has 35 heavy (non-hydrogen) atoms. The van der Waals surface area contributed by atoms with Gasteiger partial charge in [-0.1, -0.05) is 11.6 Å². The molecule has 1 aliphatic heterocycles. The fourth-order valence-corrected chi connectivity index (χ4v) is 6.06. The van der Waals surface area contributed by atoms with Crippen molar-refractivity contribution in [3.05, 3.63) is 70.0 Å². The third-order valence-corrected chi connectivity index (χ3v) is 8.25. The number of aryl methyl sites for hydroxylation is 3. The lowest BCUT2D eigenvalue weighted by Gasteiger charge is -2.42. The Balaban J connectivity index is 0.00000253. The molecule has 1 saturated heterocycles. The highest BCUT2D eigenvalue weighted by atomic mass is 35.5. The smallest absolute Gasteiger partial charge is 0.155 e. The fourth-order valence-electron chi connectivity index (χ4n) is 5.86. The lowest BCUT2D eigenvalue weighted by molar-refractivity contribution is 0.187. The van der Waals surface area contributed by atoms with Crippen molar-refractivity contribution in [3.8, 4) is 11.3 Å². The molecule has 1 spiro atoms. The second-order valence-corrected chi connectivity index (χ2v) is 10.2. The van der Waals surface area contributed by atoms with Gasteiger partial charge in [0.15, 0.2) is 5.82 Å². The first kappa shape index (κ1) is 24.0. The molecular weight excluding hydrogens is 481 g/mol. The van der Waals surface area contributed by atoms with Gasteiger partial charge >= 0.3 is 0 Å². The topological polar surface area (TPSA) is 85.2 Å². The van der Waals surface area contributed by atoms with Crippen molar-refractivity contribution in [2.75, 3.05) is 18.0 Å². The summed E-state index contributed by atoms with van der Waals surface area (Å²) in [4.78, 5) is 16.3. The van der Waals surface area contributed by atoms with Gasteiger partial charge in [0, 0.05) is 42.8 Å². The summed E-state index contributed by atoms with van der Waals surface area (Å²) in [6.07, 6.45) is 8.70. The van der Waals surface area contributed by atoms with Gasteiger partial charge in [-0.3, -0.25) is 9.97 Å². The van der Waals surface area contributed by atoms with Crippen molar-refractivity contribution >= 4 is 35.3 Å². The predicted octanol–water partition coefficient (Wildman–Crippen LogP) is 5.03. The van der Waals surface area contributed by atoms with E-state index in [2.05, 4.69) is 26.0 Å².